The number of rotatable bonds is 1. The highest BCUT2D eigenvalue weighted by Gasteiger charge is 2.25. The zero-order valence-electron chi connectivity index (χ0n) is 10.4. The lowest BCUT2D eigenvalue weighted by Crippen LogP contribution is -2.23. The van der Waals surface area contributed by atoms with Crippen LogP contribution in [0.2, 0.25) is 0 Å². The fourth-order valence-corrected chi connectivity index (χ4v) is 2.78. The van der Waals surface area contributed by atoms with Crippen molar-refractivity contribution in [3.8, 4) is 0 Å². The topological polar surface area (TPSA) is 89.8 Å². The van der Waals surface area contributed by atoms with Gasteiger partial charge in [0, 0.05) is 0 Å². The molecule has 96 valence electrons. The third-order valence-electron chi connectivity index (χ3n) is 3.66. The van der Waals surface area contributed by atoms with Gasteiger partial charge >= 0.3 is 0 Å². The van der Waals surface area contributed by atoms with Crippen molar-refractivity contribution in [3.05, 3.63) is 12.0 Å². The lowest BCUT2D eigenvalue weighted by molar-refractivity contribution is 0.101. The first-order chi connectivity index (χ1) is 8.66. The fraction of sp³-hybridized carbons (Fsp3) is 0.583. The molecule has 0 bridgehead atoms. The Kier molecular flexibility index (Phi) is 2.66. The van der Waals surface area contributed by atoms with Gasteiger partial charge in [0.15, 0.2) is 5.65 Å². The number of aliphatic hydroxyl groups is 1. The first-order valence-corrected chi connectivity index (χ1v) is 6.30. The van der Waals surface area contributed by atoms with Crippen LogP contribution in [-0.2, 0) is 0 Å². The van der Waals surface area contributed by atoms with Crippen LogP contribution in [0.25, 0.3) is 11.0 Å². The lowest BCUT2D eigenvalue weighted by Gasteiger charge is -2.26. The molecular formula is C12H17N5O. The summed E-state index contributed by atoms with van der Waals surface area (Å²) in [6, 6.07) is 0.208. The number of hydrogen-bond donors (Lipinski definition) is 2. The summed E-state index contributed by atoms with van der Waals surface area (Å²) in [6.07, 6.45) is 4.90. The summed E-state index contributed by atoms with van der Waals surface area (Å²) in [6.45, 7) is 1.91. The van der Waals surface area contributed by atoms with Crippen LogP contribution in [0.5, 0.6) is 0 Å². The zero-order chi connectivity index (χ0) is 12.7. The third-order valence-corrected chi connectivity index (χ3v) is 3.66. The molecule has 6 heteroatoms. The summed E-state index contributed by atoms with van der Waals surface area (Å²) < 4.78 is 1.91. The van der Waals surface area contributed by atoms with Crippen LogP contribution in [0, 0.1) is 6.92 Å². The van der Waals surface area contributed by atoms with E-state index >= 15 is 0 Å². The van der Waals surface area contributed by atoms with E-state index in [1.807, 2.05) is 11.6 Å². The highest BCUT2D eigenvalue weighted by Crippen LogP contribution is 2.31. The first kappa shape index (κ1) is 11.4. The molecule has 18 heavy (non-hydrogen) atoms. The molecule has 0 saturated heterocycles. The molecule has 0 amide bonds. The highest BCUT2D eigenvalue weighted by molar-refractivity contribution is 5.87. The van der Waals surface area contributed by atoms with Crippen LogP contribution < -0.4 is 5.73 Å². The molecule has 6 nitrogen and oxygen atoms in total. The van der Waals surface area contributed by atoms with Crippen molar-refractivity contribution in [2.45, 2.75) is 44.8 Å². The number of aliphatic hydroxyl groups excluding tert-OH is 1. The second-order valence-corrected chi connectivity index (χ2v) is 4.96. The summed E-state index contributed by atoms with van der Waals surface area (Å²) >= 11 is 0. The van der Waals surface area contributed by atoms with Gasteiger partial charge < -0.3 is 10.8 Å². The van der Waals surface area contributed by atoms with Gasteiger partial charge in [-0.3, -0.25) is 0 Å². The molecule has 2 heterocycles. The van der Waals surface area contributed by atoms with Crippen molar-refractivity contribution in [1.29, 1.82) is 0 Å². The number of anilines is 1. The molecule has 0 radical (unpaired) electrons. The number of nitrogens with zero attached hydrogens (tertiary/aromatic N) is 4. The van der Waals surface area contributed by atoms with Gasteiger partial charge in [-0.05, 0) is 32.6 Å². The van der Waals surface area contributed by atoms with Crippen LogP contribution in [0.3, 0.4) is 0 Å². The van der Waals surface area contributed by atoms with Crippen molar-refractivity contribution in [2.24, 2.45) is 0 Å². The maximum absolute atomic E-state index is 9.78. The number of nitrogen functional groups attached to an aromatic ring is 1. The second-order valence-electron chi connectivity index (χ2n) is 4.96. The largest absolute Gasteiger partial charge is 0.393 e. The molecule has 2 aromatic heterocycles. The second kappa shape index (κ2) is 4.20. The smallest absolute Gasteiger partial charge is 0.163 e. The molecule has 1 fully saturated rings. The molecule has 0 aromatic carbocycles. The van der Waals surface area contributed by atoms with E-state index in [0.717, 1.165) is 42.4 Å². The van der Waals surface area contributed by atoms with Crippen molar-refractivity contribution in [3.63, 3.8) is 0 Å². The quantitative estimate of drug-likeness (QED) is 0.790. The summed E-state index contributed by atoms with van der Waals surface area (Å²) in [4.78, 5) is 8.30. The maximum Gasteiger partial charge on any atom is 0.163 e. The van der Waals surface area contributed by atoms with Gasteiger partial charge in [-0.2, -0.15) is 5.10 Å². The highest BCUT2D eigenvalue weighted by atomic mass is 16.3. The Bertz CT molecular complexity index is 579. The van der Waals surface area contributed by atoms with Crippen LogP contribution in [0.15, 0.2) is 6.33 Å². The van der Waals surface area contributed by atoms with E-state index in [9.17, 15) is 5.11 Å². The molecular weight excluding hydrogens is 230 g/mol. The van der Waals surface area contributed by atoms with Crippen molar-refractivity contribution in [1.82, 2.24) is 19.7 Å². The predicted octanol–water partition coefficient (Wildman–Crippen LogP) is 1.19. The van der Waals surface area contributed by atoms with Gasteiger partial charge in [-0.15, -0.1) is 0 Å². The molecule has 1 aliphatic carbocycles. The molecule has 1 aliphatic rings. The van der Waals surface area contributed by atoms with Crippen molar-refractivity contribution >= 4 is 16.9 Å². The fourth-order valence-electron chi connectivity index (χ4n) is 2.78. The van der Waals surface area contributed by atoms with Gasteiger partial charge in [0.25, 0.3) is 0 Å². The van der Waals surface area contributed by atoms with E-state index in [4.69, 9.17) is 5.73 Å². The monoisotopic (exact) mass is 247 g/mol. The molecule has 2 unspecified atom stereocenters. The lowest BCUT2D eigenvalue weighted by atomic mass is 9.93. The average Bonchev–Trinajstić information content (AvgIpc) is 2.68. The summed E-state index contributed by atoms with van der Waals surface area (Å²) in [5.74, 6) is 0.472. The first-order valence-electron chi connectivity index (χ1n) is 6.30. The Morgan fingerprint density at radius 3 is 3.00 bits per heavy atom. The third kappa shape index (κ3) is 1.73. The van der Waals surface area contributed by atoms with Crippen LogP contribution in [0.1, 0.15) is 37.4 Å². The maximum atomic E-state index is 9.78. The Balaban J connectivity index is 2.09. The van der Waals surface area contributed by atoms with Gasteiger partial charge in [-0.25, -0.2) is 14.6 Å². The van der Waals surface area contributed by atoms with Crippen LogP contribution in [0.4, 0.5) is 5.82 Å². The van der Waals surface area contributed by atoms with E-state index in [0.29, 0.717) is 5.82 Å². The number of fused-ring (bicyclic) bond motifs is 1. The molecule has 3 rings (SSSR count). The number of aromatic nitrogens is 4. The minimum atomic E-state index is -0.234. The van der Waals surface area contributed by atoms with Gasteiger partial charge in [0.2, 0.25) is 0 Å². The molecule has 2 aromatic rings. The van der Waals surface area contributed by atoms with Crippen LogP contribution in [-0.4, -0.2) is 31.0 Å². The normalized spacial score (nSPS) is 24.6. The summed E-state index contributed by atoms with van der Waals surface area (Å²) in [5.41, 5.74) is 7.50. The van der Waals surface area contributed by atoms with E-state index in [1.165, 1.54) is 6.33 Å². The number of hydrogen-bond acceptors (Lipinski definition) is 5. The van der Waals surface area contributed by atoms with Crippen molar-refractivity contribution in [2.75, 3.05) is 5.73 Å². The molecule has 3 N–H and O–H groups in total. The Morgan fingerprint density at radius 2 is 2.22 bits per heavy atom. The number of nitrogens with two attached hydrogens (primary N) is 1. The zero-order valence-corrected chi connectivity index (χ0v) is 10.4. The Hall–Kier alpha value is -1.69. The standard InChI is InChI=1S/C12H17N5O/c1-7-10-11(13)14-6-15-12(10)17(16-7)8-3-2-4-9(18)5-8/h6,8-9,18H,2-5H2,1H3,(H2,13,14,15). The van der Waals surface area contributed by atoms with E-state index in [1.54, 1.807) is 0 Å². The Labute approximate surface area is 105 Å². The molecule has 2 atom stereocenters. The predicted molar refractivity (Wildman–Crippen MR) is 68.0 cm³/mol. The minimum absolute atomic E-state index is 0.208. The average molecular weight is 247 g/mol. The minimum Gasteiger partial charge on any atom is -0.393 e. The van der Waals surface area contributed by atoms with Crippen LogP contribution >= 0.6 is 0 Å². The van der Waals surface area contributed by atoms with Gasteiger partial charge in [0.05, 0.1) is 23.2 Å². The summed E-state index contributed by atoms with van der Waals surface area (Å²) in [5, 5.41) is 15.1. The van der Waals surface area contributed by atoms with E-state index < -0.39 is 0 Å². The van der Waals surface area contributed by atoms with E-state index in [-0.39, 0.29) is 12.1 Å². The molecule has 0 spiro atoms. The van der Waals surface area contributed by atoms with Gasteiger partial charge in [-0.1, -0.05) is 0 Å². The Morgan fingerprint density at radius 1 is 1.39 bits per heavy atom. The van der Waals surface area contributed by atoms with Gasteiger partial charge in [0.1, 0.15) is 12.1 Å². The van der Waals surface area contributed by atoms with E-state index in [2.05, 4.69) is 15.1 Å². The summed E-state index contributed by atoms with van der Waals surface area (Å²) in [7, 11) is 0. The SMILES string of the molecule is Cc1nn(C2CCCC(O)C2)c2ncnc(N)c12. The van der Waals surface area contributed by atoms with Crippen molar-refractivity contribution < 1.29 is 5.11 Å². The molecule has 1 saturated carbocycles. The number of aryl methyl sites for hydroxylation is 1. The molecule has 0 aliphatic heterocycles.